The molecule has 1 aliphatic rings. The van der Waals surface area contributed by atoms with Crippen LogP contribution in [0.5, 0.6) is 5.75 Å². The molecule has 1 atom stereocenters. The molecule has 1 saturated heterocycles. The van der Waals surface area contributed by atoms with Crippen LogP contribution in [0.15, 0.2) is 18.2 Å². The molecule has 1 aliphatic heterocycles. The molecule has 1 N–H and O–H groups in total. The smallest absolute Gasteiger partial charge is 0.334 e. The van der Waals surface area contributed by atoms with Gasteiger partial charge in [0.25, 0.3) is 5.91 Å². The van der Waals surface area contributed by atoms with E-state index >= 15 is 0 Å². The quantitative estimate of drug-likeness (QED) is 0.902. The fraction of sp³-hybridized carbons (Fsp3) is 0.385. The maximum Gasteiger partial charge on any atom is 0.334 e. The van der Waals surface area contributed by atoms with Crippen molar-refractivity contribution >= 4 is 23.5 Å². The van der Waals surface area contributed by atoms with Crippen LogP contribution in [0.25, 0.3) is 0 Å². The number of halogens is 2. The minimum atomic E-state index is -1.12. The molecule has 2 rings (SSSR count). The van der Waals surface area contributed by atoms with E-state index in [1.165, 1.54) is 17.0 Å². The summed E-state index contributed by atoms with van der Waals surface area (Å²) < 4.78 is 23.1. The fourth-order valence-electron chi connectivity index (χ4n) is 1.85. The fourth-order valence-corrected chi connectivity index (χ4v) is 2.07. The Morgan fingerprint density at radius 3 is 2.95 bits per heavy atom. The number of ether oxygens (including phenoxy) is 2. The number of hydrogen-bond acceptors (Lipinski definition) is 4. The number of hydrogen-bond donors (Lipinski definition) is 1. The largest absolute Gasteiger partial charge is 0.482 e. The highest BCUT2D eigenvalue weighted by molar-refractivity contribution is 6.32. The van der Waals surface area contributed by atoms with Gasteiger partial charge < -0.3 is 19.5 Å². The molecule has 1 aromatic carbocycles. The van der Waals surface area contributed by atoms with Crippen LogP contribution >= 0.6 is 11.6 Å². The molecule has 6 nitrogen and oxygen atoms in total. The van der Waals surface area contributed by atoms with Crippen molar-refractivity contribution in [3.8, 4) is 5.75 Å². The third kappa shape index (κ3) is 4.05. The van der Waals surface area contributed by atoms with Gasteiger partial charge in [0.2, 0.25) is 0 Å². The Hall–Kier alpha value is -1.86. The van der Waals surface area contributed by atoms with E-state index < -0.39 is 17.9 Å². The van der Waals surface area contributed by atoms with Gasteiger partial charge >= 0.3 is 5.97 Å². The van der Waals surface area contributed by atoms with Gasteiger partial charge in [0, 0.05) is 6.54 Å². The van der Waals surface area contributed by atoms with Gasteiger partial charge in [0.05, 0.1) is 18.2 Å². The first-order valence-electron chi connectivity index (χ1n) is 6.17. The SMILES string of the molecule is O=C(O)C1CN(C(=O)COc2ccc(F)cc2Cl)CCO1. The van der Waals surface area contributed by atoms with Crippen molar-refractivity contribution < 1.29 is 28.6 Å². The average molecular weight is 318 g/mol. The first-order valence-corrected chi connectivity index (χ1v) is 6.55. The van der Waals surface area contributed by atoms with E-state index in [2.05, 4.69) is 0 Å². The summed E-state index contributed by atoms with van der Waals surface area (Å²) in [5, 5.41) is 8.92. The Balaban J connectivity index is 1.90. The van der Waals surface area contributed by atoms with Crippen molar-refractivity contribution in [2.24, 2.45) is 0 Å². The van der Waals surface area contributed by atoms with Gasteiger partial charge in [-0.15, -0.1) is 0 Å². The van der Waals surface area contributed by atoms with E-state index in [9.17, 15) is 14.0 Å². The zero-order valence-corrected chi connectivity index (χ0v) is 11.7. The third-order valence-corrected chi connectivity index (χ3v) is 3.24. The molecule has 0 spiro atoms. The van der Waals surface area contributed by atoms with Gasteiger partial charge in [0.1, 0.15) is 11.6 Å². The number of nitrogens with zero attached hydrogens (tertiary/aromatic N) is 1. The highest BCUT2D eigenvalue weighted by Gasteiger charge is 2.29. The van der Waals surface area contributed by atoms with E-state index in [-0.39, 0.29) is 36.4 Å². The van der Waals surface area contributed by atoms with Gasteiger partial charge in [-0.1, -0.05) is 11.6 Å². The lowest BCUT2D eigenvalue weighted by Gasteiger charge is -2.30. The molecule has 1 heterocycles. The van der Waals surface area contributed by atoms with Crippen molar-refractivity contribution in [2.45, 2.75) is 6.10 Å². The number of amides is 1. The van der Waals surface area contributed by atoms with Crippen LogP contribution in [0.1, 0.15) is 0 Å². The van der Waals surface area contributed by atoms with Crippen LogP contribution in [-0.2, 0) is 14.3 Å². The topological polar surface area (TPSA) is 76.1 Å². The van der Waals surface area contributed by atoms with Crippen molar-refractivity contribution in [1.29, 1.82) is 0 Å². The molecule has 0 saturated carbocycles. The minimum absolute atomic E-state index is 0.0331. The summed E-state index contributed by atoms with van der Waals surface area (Å²) in [6.45, 7) is 0.107. The van der Waals surface area contributed by atoms with Crippen LogP contribution in [0.3, 0.4) is 0 Å². The summed E-state index contributed by atoms with van der Waals surface area (Å²) in [6, 6.07) is 3.57. The minimum Gasteiger partial charge on any atom is -0.482 e. The first-order chi connectivity index (χ1) is 9.97. The Bertz CT molecular complexity index is 553. The molecule has 1 unspecified atom stereocenters. The molecule has 1 fully saturated rings. The normalized spacial score (nSPS) is 18.4. The molecule has 1 amide bonds. The van der Waals surface area contributed by atoms with E-state index in [0.717, 1.165) is 6.07 Å². The lowest BCUT2D eigenvalue weighted by molar-refractivity contribution is -0.159. The van der Waals surface area contributed by atoms with Crippen LogP contribution in [0, 0.1) is 5.82 Å². The maximum absolute atomic E-state index is 12.9. The Morgan fingerprint density at radius 2 is 2.29 bits per heavy atom. The summed E-state index contributed by atoms with van der Waals surface area (Å²) in [4.78, 5) is 24.1. The number of rotatable bonds is 4. The lowest BCUT2D eigenvalue weighted by atomic mass is 10.2. The number of morpholine rings is 1. The summed E-state index contributed by atoms with van der Waals surface area (Å²) in [7, 11) is 0. The number of aliphatic carboxylic acids is 1. The van der Waals surface area contributed by atoms with E-state index in [1.54, 1.807) is 0 Å². The second-order valence-corrected chi connectivity index (χ2v) is 4.81. The van der Waals surface area contributed by atoms with Gasteiger partial charge in [-0.05, 0) is 18.2 Å². The summed E-state index contributed by atoms with van der Waals surface area (Å²) >= 11 is 5.78. The lowest BCUT2D eigenvalue weighted by Crippen LogP contribution is -2.49. The summed E-state index contributed by atoms with van der Waals surface area (Å²) in [6.07, 6.45) is -1.03. The monoisotopic (exact) mass is 317 g/mol. The molecule has 0 aromatic heterocycles. The third-order valence-electron chi connectivity index (χ3n) is 2.94. The molecule has 114 valence electrons. The Labute approximate surface area is 125 Å². The van der Waals surface area contributed by atoms with Crippen LogP contribution in [-0.4, -0.2) is 54.3 Å². The Kier molecular flexibility index (Phi) is 4.98. The van der Waals surface area contributed by atoms with Crippen LogP contribution < -0.4 is 4.74 Å². The molecular formula is C13H13ClFNO5. The van der Waals surface area contributed by atoms with Gasteiger partial charge in [-0.3, -0.25) is 4.79 Å². The average Bonchev–Trinajstić information content (AvgIpc) is 2.46. The first kappa shape index (κ1) is 15.5. The second kappa shape index (κ2) is 6.73. The molecular weight excluding hydrogens is 305 g/mol. The van der Waals surface area contributed by atoms with Crippen LogP contribution in [0.4, 0.5) is 4.39 Å². The predicted octanol–water partition coefficient (Wildman–Crippen LogP) is 1.17. The van der Waals surface area contributed by atoms with Crippen molar-refractivity contribution in [3.63, 3.8) is 0 Å². The molecule has 8 heteroatoms. The molecule has 1 aromatic rings. The molecule has 0 radical (unpaired) electrons. The van der Waals surface area contributed by atoms with Crippen molar-refractivity contribution in [1.82, 2.24) is 4.90 Å². The van der Waals surface area contributed by atoms with Crippen molar-refractivity contribution in [3.05, 3.63) is 29.0 Å². The van der Waals surface area contributed by atoms with Crippen molar-refractivity contribution in [2.75, 3.05) is 26.3 Å². The zero-order valence-electron chi connectivity index (χ0n) is 10.9. The van der Waals surface area contributed by atoms with E-state index in [4.69, 9.17) is 26.2 Å². The number of carboxylic acid groups (broad SMARTS) is 1. The number of carbonyl (C=O) groups excluding carboxylic acids is 1. The van der Waals surface area contributed by atoms with Crippen LogP contribution in [0.2, 0.25) is 5.02 Å². The van der Waals surface area contributed by atoms with Gasteiger partial charge in [0.15, 0.2) is 12.7 Å². The zero-order chi connectivity index (χ0) is 15.4. The number of benzene rings is 1. The standard InChI is InChI=1S/C13H13ClFNO5/c14-9-5-8(15)1-2-10(9)21-7-12(17)16-3-4-20-11(6-16)13(18)19/h1-2,5,11H,3-4,6-7H2,(H,18,19). The van der Waals surface area contributed by atoms with E-state index in [0.29, 0.717) is 6.54 Å². The van der Waals surface area contributed by atoms with Gasteiger partial charge in [-0.25, -0.2) is 9.18 Å². The molecule has 0 bridgehead atoms. The highest BCUT2D eigenvalue weighted by Crippen LogP contribution is 2.24. The number of carboxylic acids is 1. The van der Waals surface area contributed by atoms with Gasteiger partial charge in [-0.2, -0.15) is 0 Å². The highest BCUT2D eigenvalue weighted by atomic mass is 35.5. The Morgan fingerprint density at radius 1 is 1.52 bits per heavy atom. The molecule has 21 heavy (non-hydrogen) atoms. The maximum atomic E-state index is 12.9. The summed E-state index contributed by atoms with van der Waals surface area (Å²) in [5.74, 6) is -1.81. The summed E-state index contributed by atoms with van der Waals surface area (Å²) in [5.41, 5.74) is 0. The molecule has 0 aliphatic carbocycles. The predicted molar refractivity (Wildman–Crippen MR) is 70.9 cm³/mol. The van der Waals surface area contributed by atoms with E-state index in [1.807, 2.05) is 0 Å². The number of carbonyl (C=O) groups is 2. The second-order valence-electron chi connectivity index (χ2n) is 4.40.